The average molecular weight is 207 g/mol. The molecule has 0 aliphatic heterocycles. The Kier molecular flexibility index (Phi) is 2.85. The number of rotatable bonds is 2. The summed E-state index contributed by atoms with van der Waals surface area (Å²) in [7, 11) is 0. The number of aliphatic hydroxyl groups is 1. The fraction of sp³-hybridized carbons (Fsp3) is 0.250. The number of alkyl halides is 3. The highest BCUT2D eigenvalue weighted by Crippen LogP contribution is 2.29. The second kappa shape index (κ2) is 3.75. The van der Waals surface area contributed by atoms with Crippen LogP contribution in [0.5, 0.6) is 5.75 Å². The zero-order chi connectivity index (χ0) is 10.8. The quantitative estimate of drug-likeness (QED) is 0.725. The number of aliphatic hydroxyl groups excluding tert-OH is 1. The first-order valence-corrected chi connectivity index (χ1v) is 3.67. The molecule has 0 radical (unpaired) electrons. The van der Waals surface area contributed by atoms with Gasteiger partial charge in [0.05, 0.1) is 12.3 Å². The Hall–Kier alpha value is -1.43. The van der Waals surface area contributed by atoms with E-state index in [-0.39, 0.29) is 12.3 Å². The van der Waals surface area contributed by atoms with Gasteiger partial charge in [-0.2, -0.15) is 0 Å². The molecule has 0 aliphatic carbocycles. The van der Waals surface area contributed by atoms with Crippen LogP contribution in [-0.4, -0.2) is 11.5 Å². The molecule has 0 unspecified atom stereocenters. The molecule has 3 N–H and O–H groups in total. The second-order valence-electron chi connectivity index (χ2n) is 2.58. The fourth-order valence-electron chi connectivity index (χ4n) is 0.890. The van der Waals surface area contributed by atoms with E-state index in [0.717, 1.165) is 6.07 Å². The number of nitrogens with two attached hydrogens (primary N) is 1. The lowest BCUT2D eigenvalue weighted by molar-refractivity contribution is -0.274. The first-order chi connectivity index (χ1) is 6.42. The van der Waals surface area contributed by atoms with Gasteiger partial charge >= 0.3 is 6.36 Å². The van der Waals surface area contributed by atoms with Crippen LogP contribution in [-0.2, 0) is 6.61 Å². The van der Waals surface area contributed by atoms with Crippen molar-refractivity contribution < 1.29 is 23.0 Å². The van der Waals surface area contributed by atoms with Gasteiger partial charge in [-0.3, -0.25) is 0 Å². The summed E-state index contributed by atoms with van der Waals surface area (Å²) in [4.78, 5) is 0. The molecule has 0 fully saturated rings. The van der Waals surface area contributed by atoms with Crippen LogP contribution in [0.2, 0.25) is 0 Å². The standard InChI is InChI=1S/C8H8F3NO2/c9-8(10,11)14-7-3-5(4-13)1-2-6(7)12/h1-3,13H,4,12H2. The molecule has 0 saturated heterocycles. The normalized spacial score (nSPS) is 11.4. The van der Waals surface area contributed by atoms with Crippen molar-refractivity contribution in [2.75, 3.05) is 5.73 Å². The Labute approximate surface area is 77.9 Å². The van der Waals surface area contributed by atoms with Crippen molar-refractivity contribution in [3.05, 3.63) is 23.8 Å². The molecule has 0 amide bonds. The minimum atomic E-state index is -4.78. The van der Waals surface area contributed by atoms with Crippen LogP contribution in [0.4, 0.5) is 18.9 Å². The summed E-state index contributed by atoms with van der Waals surface area (Å²) in [5.41, 5.74) is 5.42. The van der Waals surface area contributed by atoms with Crippen LogP contribution in [0, 0.1) is 0 Å². The van der Waals surface area contributed by atoms with Gasteiger partial charge in [-0.05, 0) is 17.7 Å². The van der Waals surface area contributed by atoms with Crippen LogP contribution in [0.3, 0.4) is 0 Å². The zero-order valence-corrected chi connectivity index (χ0v) is 7.01. The molecule has 0 saturated carbocycles. The van der Waals surface area contributed by atoms with E-state index in [9.17, 15) is 13.2 Å². The first kappa shape index (κ1) is 10.6. The van der Waals surface area contributed by atoms with Crippen molar-refractivity contribution in [3.8, 4) is 5.75 Å². The molecule has 14 heavy (non-hydrogen) atoms. The van der Waals surface area contributed by atoms with Crippen LogP contribution in [0.25, 0.3) is 0 Å². The van der Waals surface area contributed by atoms with Crippen molar-refractivity contribution in [1.82, 2.24) is 0 Å². The number of hydrogen-bond acceptors (Lipinski definition) is 3. The summed E-state index contributed by atoms with van der Waals surface area (Å²) in [6, 6.07) is 3.70. The summed E-state index contributed by atoms with van der Waals surface area (Å²) < 4.78 is 39.1. The van der Waals surface area contributed by atoms with Gasteiger partial charge in [0.15, 0.2) is 5.75 Å². The molecule has 0 bridgehead atoms. The number of ether oxygens (including phenoxy) is 1. The third-order valence-electron chi connectivity index (χ3n) is 1.49. The highest BCUT2D eigenvalue weighted by molar-refractivity contribution is 5.53. The van der Waals surface area contributed by atoms with Crippen molar-refractivity contribution in [2.24, 2.45) is 0 Å². The Balaban J connectivity index is 2.95. The van der Waals surface area contributed by atoms with Crippen molar-refractivity contribution in [3.63, 3.8) is 0 Å². The summed E-state index contributed by atoms with van der Waals surface area (Å²) >= 11 is 0. The monoisotopic (exact) mass is 207 g/mol. The summed E-state index contributed by atoms with van der Waals surface area (Å²) in [5.74, 6) is -0.496. The maximum absolute atomic E-state index is 11.8. The maximum atomic E-state index is 11.8. The molecule has 0 aliphatic rings. The lowest BCUT2D eigenvalue weighted by Gasteiger charge is -2.11. The van der Waals surface area contributed by atoms with E-state index in [1.807, 2.05) is 0 Å². The van der Waals surface area contributed by atoms with E-state index < -0.39 is 12.1 Å². The van der Waals surface area contributed by atoms with Crippen LogP contribution < -0.4 is 10.5 Å². The van der Waals surface area contributed by atoms with Crippen LogP contribution >= 0.6 is 0 Å². The maximum Gasteiger partial charge on any atom is 0.573 e. The minimum Gasteiger partial charge on any atom is -0.404 e. The summed E-state index contributed by atoms with van der Waals surface area (Å²) in [6.45, 7) is -0.367. The third-order valence-corrected chi connectivity index (χ3v) is 1.49. The minimum absolute atomic E-state index is 0.125. The van der Waals surface area contributed by atoms with E-state index in [1.54, 1.807) is 0 Å². The van der Waals surface area contributed by atoms with E-state index in [4.69, 9.17) is 10.8 Å². The molecule has 6 heteroatoms. The lowest BCUT2D eigenvalue weighted by atomic mass is 10.2. The summed E-state index contributed by atoms with van der Waals surface area (Å²) in [5, 5.41) is 8.67. The van der Waals surface area contributed by atoms with E-state index in [0.29, 0.717) is 5.56 Å². The Morgan fingerprint density at radius 2 is 2.00 bits per heavy atom. The Bertz CT molecular complexity index is 325. The molecular weight excluding hydrogens is 199 g/mol. The molecule has 78 valence electrons. The van der Waals surface area contributed by atoms with Gasteiger partial charge in [-0.25, -0.2) is 0 Å². The number of nitrogen functional groups attached to an aromatic ring is 1. The molecule has 1 rings (SSSR count). The van der Waals surface area contributed by atoms with Gasteiger partial charge < -0.3 is 15.6 Å². The molecule has 0 atom stereocenters. The average Bonchev–Trinajstić information content (AvgIpc) is 2.06. The lowest BCUT2D eigenvalue weighted by Crippen LogP contribution is -2.18. The van der Waals surface area contributed by atoms with Crippen LogP contribution in [0.15, 0.2) is 18.2 Å². The van der Waals surface area contributed by atoms with Gasteiger partial charge in [-0.15, -0.1) is 13.2 Å². The number of halogens is 3. The van der Waals surface area contributed by atoms with Gasteiger partial charge in [0.2, 0.25) is 0 Å². The molecule has 1 aromatic carbocycles. The number of hydrogen-bond donors (Lipinski definition) is 2. The molecule has 0 heterocycles. The fourth-order valence-corrected chi connectivity index (χ4v) is 0.890. The van der Waals surface area contributed by atoms with Crippen LogP contribution in [0.1, 0.15) is 5.56 Å². The van der Waals surface area contributed by atoms with Gasteiger partial charge in [0.1, 0.15) is 0 Å². The smallest absolute Gasteiger partial charge is 0.404 e. The van der Waals surface area contributed by atoms with E-state index >= 15 is 0 Å². The molecular formula is C8H8F3NO2. The SMILES string of the molecule is Nc1ccc(CO)cc1OC(F)(F)F. The van der Waals surface area contributed by atoms with Gasteiger partial charge in [0, 0.05) is 0 Å². The predicted octanol–water partition coefficient (Wildman–Crippen LogP) is 1.66. The van der Waals surface area contributed by atoms with Crippen molar-refractivity contribution in [2.45, 2.75) is 13.0 Å². The van der Waals surface area contributed by atoms with Crippen molar-refractivity contribution in [1.29, 1.82) is 0 Å². The van der Waals surface area contributed by atoms with Gasteiger partial charge in [0.25, 0.3) is 0 Å². The van der Waals surface area contributed by atoms with E-state index in [2.05, 4.69) is 4.74 Å². The third kappa shape index (κ3) is 2.81. The van der Waals surface area contributed by atoms with Crippen molar-refractivity contribution >= 4 is 5.69 Å². The van der Waals surface area contributed by atoms with Gasteiger partial charge in [-0.1, -0.05) is 6.07 Å². The Morgan fingerprint density at radius 1 is 1.36 bits per heavy atom. The number of anilines is 1. The predicted molar refractivity (Wildman–Crippen MR) is 43.5 cm³/mol. The molecule has 1 aromatic rings. The molecule has 3 nitrogen and oxygen atoms in total. The molecule has 0 spiro atoms. The largest absolute Gasteiger partial charge is 0.573 e. The Morgan fingerprint density at radius 3 is 2.50 bits per heavy atom. The summed E-state index contributed by atoms with van der Waals surface area (Å²) in [6.07, 6.45) is -4.78. The topological polar surface area (TPSA) is 55.5 Å². The van der Waals surface area contributed by atoms with E-state index in [1.165, 1.54) is 12.1 Å². The second-order valence-corrected chi connectivity index (χ2v) is 2.58. The number of benzene rings is 1. The molecule has 0 aromatic heterocycles. The highest BCUT2D eigenvalue weighted by atomic mass is 19.4. The first-order valence-electron chi connectivity index (χ1n) is 3.67. The highest BCUT2D eigenvalue weighted by Gasteiger charge is 2.31. The zero-order valence-electron chi connectivity index (χ0n) is 7.01.